The van der Waals surface area contributed by atoms with Crippen LogP contribution in [0.2, 0.25) is 0 Å². The topological polar surface area (TPSA) is 49.6 Å². The first-order valence-corrected chi connectivity index (χ1v) is 4.28. The maximum absolute atomic E-state index is 11.6. The van der Waals surface area contributed by atoms with Crippen LogP contribution in [0.3, 0.4) is 0 Å². The Morgan fingerprint density at radius 1 is 1.62 bits per heavy atom. The molecule has 1 heterocycles. The van der Waals surface area contributed by atoms with E-state index in [9.17, 15) is 4.79 Å². The molecule has 0 atom stereocenters. The second kappa shape index (κ2) is 3.51. The van der Waals surface area contributed by atoms with Crippen molar-refractivity contribution in [2.24, 2.45) is 5.73 Å². The standard InChI is InChI=1S/C9H15N3O/c1-4-11-5-6-12(8(3)10)9(13)7(11)2/h2-6,10H2,1H3. The van der Waals surface area contributed by atoms with Gasteiger partial charge < -0.3 is 10.6 Å². The Morgan fingerprint density at radius 2 is 2.23 bits per heavy atom. The van der Waals surface area contributed by atoms with Gasteiger partial charge in [0.05, 0.1) is 11.5 Å². The maximum Gasteiger partial charge on any atom is 0.275 e. The highest BCUT2D eigenvalue weighted by Gasteiger charge is 2.26. The fourth-order valence-electron chi connectivity index (χ4n) is 1.37. The number of nitrogens with two attached hydrogens (primary N) is 1. The van der Waals surface area contributed by atoms with Crippen molar-refractivity contribution < 1.29 is 4.79 Å². The molecular weight excluding hydrogens is 166 g/mol. The molecule has 0 saturated carbocycles. The van der Waals surface area contributed by atoms with Crippen LogP contribution in [0.15, 0.2) is 24.7 Å². The van der Waals surface area contributed by atoms with Gasteiger partial charge >= 0.3 is 0 Å². The van der Waals surface area contributed by atoms with E-state index in [0.717, 1.165) is 13.1 Å². The van der Waals surface area contributed by atoms with E-state index in [4.69, 9.17) is 5.73 Å². The van der Waals surface area contributed by atoms with Crippen LogP contribution in [-0.2, 0) is 4.79 Å². The molecule has 0 aliphatic carbocycles. The van der Waals surface area contributed by atoms with Crippen LogP contribution in [0, 0.1) is 0 Å². The Labute approximate surface area is 78.3 Å². The SMILES string of the molecule is C=C1C(=O)N(C(=C)N)CCN1CC. The van der Waals surface area contributed by atoms with Gasteiger partial charge in [0.2, 0.25) is 0 Å². The third-order valence-corrected chi connectivity index (χ3v) is 2.20. The summed E-state index contributed by atoms with van der Waals surface area (Å²) in [6, 6.07) is 0. The first-order valence-electron chi connectivity index (χ1n) is 4.28. The third-order valence-electron chi connectivity index (χ3n) is 2.20. The number of nitrogens with zero attached hydrogens (tertiary/aromatic N) is 2. The lowest BCUT2D eigenvalue weighted by molar-refractivity contribution is -0.129. The highest BCUT2D eigenvalue weighted by atomic mass is 16.2. The van der Waals surface area contributed by atoms with Gasteiger partial charge in [-0.25, -0.2) is 0 Å². The minimum absolute atomic E-state index is 0.138. The maximum atomic E-state index is 11.6. The van der Waals surface area contributed by atoms with Crippen molar-refractivity contribution in [1.82, 2.24) is 9.80 Å². The van der Waals surface area contributed by atoms with Gasteiger partial charge in [0.15, 0.2) is 0 Å². The molecule has 0 aromatic carbocycles. The smallest absolute Gasteiger partial charge is 0.275 e. The summed E-state index contributed by atoms with van der Waals surface area (Å²) in [6.07, 6.45) is 0. The molecule has 2 N–H and O–H groups in total. The van der Waals surface area contributed by atoms with E-state index >= 15 is 0 Å². The normalized spacial score (nSPS) is 17.9. The molecule has 4 nitrogen and oxygen atoms in total. The largest absolute Gasteiger partial charge is 0.386 e. The van der Waals surface area contributed by atoms with E-state index in [1.54, 1.807) is 0 Å². The second-order valence-corrected chi connectivity index (χ2v) is 2.97. The zero-order valence-corrected chi connectivity index (χ0v) is 7.92. The number of carbonyl (C=O) groups is 1. The number of rotatable bonds is 2. The number of hydrogen-bond donors (Lipinski definition) is 1. The highest BCUT2D eigenvalue weighted by Crippen LogP contribution is 2.14. The van der Waals surface area contributed by atoms with Crippen molar-refractivity contribution in [3.63, 3.8) is 0 Å². The fourth-order valence-corrected chi connectivity index (χ4v) is 1.37. The quantitative estimate of drug-likeness (QED) is 0.614. The van der Waals surface area contributed by atoms with E-state index in [0.29, 0.717) is 18.1 Å². The van der Waals surface area contributed by atoms with Crippen LogP contribution in [0.25, 0.3) is 0 Å². The monoisotopic (exact) mass is 181 g/mol. The molecule has 4 heteroatoms. The van der Waals surface area contributed by atoms with Gasteiger partial charge in [-0.05, 0) is 6.92 Å². The fraction of sp³-hybridized carbons (Fsp3) is 0.444. The molecule has 1 amide bonds. The average Bonchev–Trinajstić information content (AvgIpc) is 2.09. The van der Waals surface area contributed by atoms with E-state index in [-0.39, 0.29) is 5.91 Å². The predicted octanol–water partition coefficient (Wildman–Crippen LogP) is 0.0941. The molecule has 0 unspecified atom stereocenters. The summed E-state index contributed by atoms with van der Waals surface area (Å²) in [4.78, 5) is 15.0. The van der Waals surface area contributed by atoms with Crippen LogP contribution < -0.4 is 5.73 Å². The Hall–Kier alpha value is -1.45. The van der Waals surface area contributed by atoms with Crippen molar-refractivity contribution in [2.75, 3.05) is 19.6 Å². The van der Waals surface area contributed by atoms with Crippen LogP contribution in [0.1, 0.15) is 6.92 Å². The van der Waals surface area contributed by atoms with Crippen molar-refractivity contribution in [1.29, 1.82) is 0 Å². The van der Waals surface area contributed by atoms with Crippen molar-refractivity contribution in [3.05, 3.63) is 24.7 Å². The molecule has 0 bridgehead atoms. The number of carbonyl (C=O) groups excluding carboxylic acids is 1. The molecule has 0 aromatic rings. The summed E-state index contributed by atoms with van der Waals surface area (Å²) >= 11 is 0. The molecule has 1 aliphatic heterocycles. The minimum atomic E-state index is -0.138. The lowest BCUT2D eigenvalue weighted by Crippen LogP contribution is -2.48. The van der Waals surface area contributed by atoms with Crippen LogP contribution >= 0.6 is 0 Å². The van der Waals surface area contributed by atoms with Crippen LogP contribution in [-0.4, -0.2) is 35.3 Å². The lowest BCUT2D eigenvalue weighted by Gasteiger charge is -2.35. The third kappa shape index (κ3) is 1.66. The number of amides is 1. The summed E-state index contributed by atoms with van der Waals surface area (Å²) in [5.41, 5.74) is 5.96. The van der Waals surface area contributed by atoms with Crippen LogP contribution in [0.5, 0.6) is 0 Å². The van der Waals surface area contributed by atoms with Gasteiger partial charge in [-0.1, -0.05) is 13.2 Å². The summed E-state index contributed by atoms with van der Waals surface area (Å²) < 4.78 is 0. The van der Waals surface area contributed by atoms with Gasteiger partial charge in [-0.3, -0.25) is 9.69 Å². The first kappa shape index (κ1) is 9.64. The van der Waals surface area contributed by atoms with E-state index < -0.39 is 0 Å². The molecule has 13 heavy (non-hydrogen) atoms. The number of likely N-dealkylation sites (N-methyl/N-ethyl adjacent to an activating group) is 1. The van der Waals surface area contributed by atoms with E-state index in [2.05, 4.69) is 13.2 Å². The van der Waals surface area contributed by atoms with Crippen molar-refractivity contribution >= 4 is 5.91 Å². The second-order valence-electron chi connectivity index (χ2n) is 2.97. The summed E-state index contributed by atoms with van der Waals surface area (Å²) in [5.74, 6) is 0.155. The molecule has 0 aromatic heterocycles. The zero-order valence-electron chi connectivity index (χ0n) is 7.92. The molecule has 1 fully saturated rings. The van der Waals surface area contributed by atoms with E-state index in [1.165, 1.54) is 4.90 Å². The van der Waals surface area contributed by atoms with Gasteiger partial charge in [0.25, 0.3) is 5.91 Å². The molecular formula is C9H15N3O. The first-order chi connectivity index (χ1) is 6.07. The Morgan fingerprint density at radius 3 is 2.69 bits per heavy atom. The number of piperazine rings is 1. The zero-order chi connectivity index (χ0) is 10.0. The van der Waals surface area contributed by atoms with Crippen molar-refractivity contribution in [2.45, 2.75) is 6.92 Å². The van der Waals surface area contributed by atoms with Crippen LogP contribution in [0.4, 0.5) is 0 Å². The average molecular weight is 181 g/mol. The van der Waals surface area contributed by atoms with Gasteiger partial charge in [-0.2, -0.15) is 0 Å². The molecule has 1 saturated heterocycles. The van der Waals surface area contributed by atoms with Gasteiger partial charge in [0, 0.05) is 19.6 Å². The van der Waals surface area contributed by atoms with Crippen molar-refractivity contribution in [3.8, 4) is 0 Å². The summed E-state index contributed by atoms with van der Waals surface area (Å²) in [5, 5.41) is 0. The Bertz CT molecular complexity index is 260. The van der Waals surface area contributed by atoms with Gasteiger partial charge in [-0.15, -0.1) is 0 Å². The molecule has 0 spiro atoms. The van der Waals surface area contributed by atoms with Gasteiger partial charge in [0.1, 0.15) is 0 Å². The Balaban J connectivity index is 2.76. The molecule has 1 rings (SSSR count). The minimum Gasteiger partial charge on any atom is -0.386 e. The lowest BCUT2D eigenvalue weighted by atomic mass is 10.2. The summed E-state index contributed by atoms with van der Waals surface area (Å²) in [7, 11) is 0. The van der Waals surface area contributed by atoms with E-state index in [1.807, 2.05) is 11.8 Å². The predicted molar refractivity (Wildman–Crippen MR) is 51.4 cm³/mol. The summed E-state index contributed by atoms with van der Waals surface area (Å²) in [6.45, 7) is 11.4. The number of hydrogen-bond acceptors (Lipinski definition) is 3. The Kier molecular flexibility index (Phi) is 2.60. The molecule has 72 valence electrons. The highest BCUT2D eigenvalue weighted by molar-refractivity contribution is 5.94. The molecule has 1 aliphatic rings. The molecule has 0 radical (unpaired) electrons.